The monoisotopic (exact) mass is 348 g/mol. The zero-order chi connectivity index (χ0) is 12.4. The number of aromatic nitrogens is 1. The van der Waals surface area contributed by atoms with E-state index in [1.54, 1.807) is 34.4 Å². The molecule has 2 nitrogen and oxygen atoms in total. The van der Waals surface area contributed by atoms with Crippen molar-refractivity contribution in [2.45, 2.75) is 29.5 Å². The molecular formula is C11H13BrN2S3. The van der Waals surface area contributed by atoms with Crippen molar-refractivity contribution >= 4 is 50.4 Å². The predicted molar refractivity (Wildman–Crippen MR) is 81.1 cm³/mol. The maximum Gasteiger partial charge on any atom is 0.150 e. The van der Waals surface area contributed by atoms with Crippen LogP contribution in [0.5, 0.6) is 0 Å². The lowest BCUT2D eigenvalue weighted by Crippen LogP contribution is -2.21. The third-order valence-corrected chi connectivity index (χ3v) is 6.66. The van der Waals surface area contributed by atoms with Gasteiger partial charge in [0.25, 0.3) is 0 Å². The van der Waals surface area contributed by atoms with Gasteiger partial charge in [-0.05, 0) is 35.8 Å². The highest BCUT2D eigenvalue weighted by Crippen LogP contribution is 2.41. The van der Waals surface area contributed by atoms with Gasteiger partial charge in [0.05, 0.1) is 5.25 Å². The summed E-state index contributed by atoms with van der Waals surface area (Å²) in [4.78, 5) is 5.78. The van der Waals surface area contributed by atoms with E-state index < -0.39 is 0 Å². The summed E-state index contributed by atoms with van der Waals surface area (Å²) in [6.07, 6.45) is 0. The van der Waals surface area contributed by atoms with Crippen LogP contribution in [0.4, 0.5) is 0 Å². The minimum atomic E-state index is 0.106. The lowest BCUT2D eigenvalue weighted by Gasteiger charge is -2.17. The normalized spacial score (nSPS) is 14.8. The first-order valence-corrected chi connectivity index (χ1v) is 8.58. The van der Waals surface area contributed by atoms with Gasteiger partial charge < -0.3 is 5.73 Å². The number of hydrogen-bond acceptors (Lipinski definition) is 5. The largest absolute Gasteiger partial charge is 0.327 e. The molecule has 0 aromatic carbocycles. The molecule has 0 amide bonds. The first kappa shape index (κ1) is 13.5. The Kier molecular flexibility index (Phi) is 4.65. The van der Waals surface area contributed by atoms with Crippen molar-refractivity contribution in [2.24, 2.45) is 5.73 Å². The number of hydrogen-bond donors (Lipinski definition) is 1. The molecule has 2 atom stereocenters. The van der Waals surface area contributed by atoms with E-state index in [2.05, 4.69) is 37.7 Å². The molecule has 0 aliphatic carbocycles. The molecule has 2 heterocycles. The number of nitrogens with zero attached hydrogens (tertiary/aromatic N) is 1. The topological polar surface area (TPSA) is 38.9 Å². The summed E-state index contributed by atoms with van der Waals surface area (Å²) in [6, 6.07) is 2.25. The maximum absolute atomic E-state index is 6.08. The Balaban J connectivity index is 2.18. The molecule has 2 rings (SSSR count). The summed E-state index contributed by atoms with van der Waals surface area (Å²) in [7, 11) is 0. The molecule has 2 N–H and O–H groups in total. The van der Waals surface area contributed by atoms with Gasteiger partial charge in [0.1, 0.15) is 0 Å². The summed E-state index contributed by atoms with van der Waals surface area (Å²) in [5.74, 6) is 0. The molecule has 0 spiro atoms. The zero-order valence-corrected chi connectivity index (χ0v) is 13.5. The molecule has 2 unspecified atom stereocenters. The Morgan fingerprint density at radius 3 is 2.65 bits per heavy atom. The fourth-order valence-corrected chi connectivity index (χ4v) is 5.26. The average Bonchev–Trinajstić information content (AvgIpc) is 2.83. The molecule has 0 saturated carbocycles. The predicted octanol–water partition coefficient (Wildman–Crippen LogP) is 4.46. The highest BCUT2D eigenvalue weighted by molar-refractivity contribution is 9.10. The first-order valence-electron chi connectivity index (χ1n) is 5.14. The van der Waals surface area contributed by atoms with Crippen molar-refractivity contribution in [3.63, 3.8) is 0 Å². The molecule has 0 aliphatic heterocycles. The van der Waals surface area contributed by atoms with Gasteiger partial charge in [-0.2, -0.15) is 0 Å². The second-order valence-corrected chi connectivity index (χ2v) is 7.92. The molecule has 6 heteroatoms. The van der Waals surface area contributed by atoms with Crippen LogP contribution < -0.4 is 5.73 Å². The Labute approximate surface area is 122 Å². The Bertz CT molecular complexity index is 492. The molecule has 0 bridgehead atoms. The van der Waals surface area contributed by atoms with Crippen LogP contribution in [0.15, 0.2) is 25.6 Å². The van der Waals surface area contributed by atoms with Crippen LogP contribution >= 0.6 is 50.4 Å². The number of thiophene rings is 1. The molecule has 0 aliphatic rings. The van der Waals surface area contributed by atoms with Crippen LogP contribution in [0.2, 0.25) is 0 Å². The highest BCUT2D eigenvalue weighted by atomic mass is 79.9. The van der Waals surface area contributed by atoms with Crippen molar-refractivity contribution in [1.29, 1.82) is 0 Å². The standard InChI is InChI=1S/C11H13BrN2S3/c1-6-4-16-11(14-6)17-10(7(2)13)9-3-8(12)5-15-9/h3-5,7,10H,13H2,1-2H3. The fraction of sp³-hybridized carbons (Fsp3) is 0.364. The number of thioether (sulfide) groups is 1. The third kappa shape index (κ3) is 3.54. The van der Waals surface area contributed by atoms with Gasteiger partial charge in [0.2, 0.25) is 0 Å². The molecule has 2 aromatic heterocycles. The van der Waals surface area contributed by atoms with Crippen LogP contribution in [-0.2, 0) is 0 Å². The highest BCUT2D eigenvalue weighted by Gasteiger charge is 2.20. The molecule has 0 fully saturated rings. The minimum absolute atomic E-state index is 0.106. The van der Waals surface area contributed by atoms with Crippen LogP contribution in [0, 0.1) is 6.92 Å². The summed E-state index contributed by atoms with van der Waals surface area (Å²) < 4.78 is 2.22. The van der Waals surface area contributed by atoms with Gasteiger partial charge in [-0.3, -0.25) is 0 Å². The zero-order valence-electron chi connectivity index (χ0n) is 9.51. The van der Waals surface area contributed by atoms with Crippen LogP contribution in [0.1, 0.15) is 22.7 Å². The van der Waals surface area contributed by atoms with Gasteiger partial charge in [0, 0.05) is 31.8 Å². The van der Waals surface area contributed by atoms with Crippen LogP contribution in [0.25, 0.3) is 0 Å². The lowest BCUT2D eigenvalue weighted by atomic mass is 10.2. The molecule has 2 aromatic rings. The number of thiazole rings is 1. The van der Waals surface area contributed by atoms with E-state index in [-0.39, 0.29) is 11.3 Å². The summed E-state index contributed by atoms with van der Waals surface area (Å²) in [5, 5.41) is 4.44. The van der Waals surface area contributed by atoms with E-state index in [0.29, 0.717) is 0 Å². The SMILES string of the molecule is Cc1csc(SC(c2cc(Br)cs2)C(C)N)n1. The van der Waals surface area contributed by atoms with E-state index in [1.807, 2.05) is 13.8 Å². The van der Waals surface area contributed by atoms with E-state index >= 15 is 0 Å². The second-order valence-electron chi connectivity index (χ2n) is 3.82. The van der Waals surface area contributed by atoms with Crippen molar-refractivity contribution in [3.8, 4) is 0 Å². The number of rotatable bonds is 4. The Morgan fingerprint density at radius 2 is 2.18 bits per heavy atom. The summed E-state index contributed by atoms with van der Waals surface area (Å²) in [6.45, 7) is 4.06. The van der Waals surface area contributed by atoms with Gasteiger partial charge in [-0.15, -0.1) is 22.7 Å². The van der Waals surface area contributed by atoms with Crippen molar-refractivity contribution in [3.05, 3.63) is 31.9 Å². The van der Waals surface area contributed by atoms with Gasteiger partial charge in [-0.1, -0.05) is 11.8 Å². The summed E-state index contributed by atoms with van der Waals surface area (Å²) in [5.41, 5.74) is 7.16. The number of aryl methyl sites for hydroxylation is 1. The lowest BCUT2D eigenvalue weighted by molar-refractivity contribution is 0.729. The Morgan fingerprint density at radius 1 is 1.41 bits per heavy atom. The maximum atomic E-state index is 6.08. The smallest absolute Gasteiger partial charge is 0.150 e. The minimum Gasteiger partial charge on any atom is -0.327 e. The van der Waals surface area contributed by atoms with E-state index in [1.165, 1.54) is 4.88 Å². The van der Waals surface area contributed by atoms with E-state index in [9.17, 15) is 0 Å². The van der Waals surface area contributed by atoms with Crippen molar-refractivity contribution in [2.75, 3.05) is 0 Å². The van der Waals surface area contributed by atoms with Crippen molar-refractivity contribution in [1.82, 2.24) is 4.98 Å². The van der Waals surface area contributed by atoms with Crippen LogP contribution in [-0.4, -0.2) is 11.0 Å². The number of halogens is 1. The van der Waals surface area contributed by atoms with Gasteiger partial charge in [-0.25, -0.2) is 4.98 Å². The Hall–Kier alpha value is 0.120. The quantitative estimate of drug-likeness (QED) is 0.829. The summed E-state index contributed by atoms with van der Waals surface area (Å²) >= 11 is 8.67. The van der Waals surface area contributed by atoms with E-state index in [0.717, 1.165) is 14.5 Å². The molecular weight excluding hydrogens is 336 g/mol. The average molecular weight is 349 g/mol. The molecule has 92 valence electrons. The van der Waals surface area contributed by atoms with Crippen LogP contribution in [0.3, 0.4) is 0 Å². The van der Waals surface area contributed by atoms with E-state index in [4.69, 9.17) is 5.73 Å². The van der Waals surface area contributed by atoms with Gasteiger partial charge in [0.15, 0.2) is 4.34 Å². The molecule has 17 heavy (non-hydrogen) atoms. The number of nitrogens with two attached hydrogens (primary N) is 1. The van der Waals surface area contributed by atoms with Crippen molar-refractivity contribution < 1.29 is 0 Å². The molecule has 0 saturated heterocycles. The molecule has 0 radical (unpaired) electrons. The second kappa shape index (κ2) is 5.84. The third-order valence-electron chi connectivity index (χ3n) is 2.17. The fourth-order valence-electron chi connectivity index (χ4n) is 1.40. The van der Waals surface area contributed by atoms with Gasteiger partial charge >= 0.3 is 0 Å². The first-order chi connectivity index (χ1) is 8.06.